The predicted molar refractivity (Wildman–Crippen MR) is 281 cm³/mol. The quantitative estimate of drug-likeness (QED) is 0.149. The molecule has 11 rings (SSSR count). The van der Waals surface area contributed by atoms with Gasteiger partial charge in [0.25, 0.3) is 0 Å². The van der Waals surface area contributed by atoms with Gasteiger partial charge in [-0.3, -0.25) is 0 Å². The van der Waals surface area contributed by atoms with Crippen LogP contribution in [0.4, 0.5) is 0 Å². The molecule has 1 aliphatic rings. The first-order valence-electron chi connectivity index (χ1n) is 24.2. The van der Waals surface area contributed by atoms with Gasteiger partial charge in [-0.05, 0) is 54.4 Å². The van der Waals surface area contributed by atoms with Crippen molar-refractivity contribution < 1.29 is 24.1 Å². The van der Waals surface area contributed by atoms with Crippen molar-refractivity contribution in [3.05, 3.63) is 196 Å². The second-order valence-corrected chi connectivity index (χ2v) is 22.7. The minimum Gasteiger partial charge on any atom is -0.0558 e. The van der Waals surface area contributed by atoms with Gasteiger partial charge in [0.05, 0.1) is 0 Å². The number of para-hydroxylation sites is 3. The van der Waals surface area contributed by atoms with E-state index in [9.17, 15) is 0 Å². The number of hydrogen-bond donors (Lipinski definition) is 0. The van der Waals surface area contributed by atoms with Crippen molar-refractivity contribution in [2.45, 2.75) is 97.8 Å². The molecule has 0 amide bonds. The van der Waals surface area contributed by atoms with E-state index in [0.29, 0.717) is 11.5 Å². The average molecular weight is 1080 g/mol. The third-order valence-corrected chi connectivity index (χ3v) is 15.2. The Bertz CT molecular complexity index is 3670. The Labute approximate surface area is 417 Å². The third-order valence-electron chi connectivity index (χ3n) is 14.2. The summed E-state index contributed by atoms with van der Waals surface area (Å²) in [5.74, 6) is 2.10. The van der Waals surface area contributed by atoms with E-state index < -0.39 is 0 Å². The summed E-state index contributed by atoms with van der Waals surface area (Å²) >= 11 is 2.52. The molecule has 3 aromatic heterocycles. The van der Waals surface area contributed by atoms with Crippen molar-refractivity contribution in [3.63, 3.8) is 0 Å². The zero-order chi connectivity index (χ0) is 48.0. The normalized spacial score (nSPS) is 13.9. The Morgan fingerprint density at radius 1 is 0.609 bits per heavy atom. The van der Waals surface area contributed by atoms with Gasteiger partial charge in [-0.15, -0.1) is 0 Å². The van der Waals surface area contributed by atoms with Gasteiger partial charge < -0.3 is 0 Å². The van der Waals surface area contributed by atoms with Crippen molar-refractivity contribution in [2.24, 2.45) is 0 Å². The van der Waals surface area contributed by atoms with Crippen LogP contribution in [0, 0.1) is 22.9 Å². The van der Waals surface area contributed by atoms with Gasteiger partial charge in [0.2, 0.25) is 0 Å². The zero-order valence-corrected chi connectivity index (χ0v) is 43.3. The number of nitrogens with zero attached hydrogens (tertiary/aromatic N) is 4. The maximum atomic E-state index is 6.80. The standard InChI is InChI=1S/C63H58N4O.Pt/c1-41-29-31-64-59(32-41)67-57-38-49(27-28-52(57)53-35-43-20-17-30-63(8,9)54(43)39-58(53)67)68-48-22-15-21-47(37-48)65-40-66(56-26-14-13-25-55(56)65)60-50(42-18-11-10-12-19-42)23-16-24-51(60)44-33-45(61(2,3)4)36-46(34-44)62(5,6)7;/h10-16,18-19,21-29,31-36,39H,17,20,30H2,1-9H3;/q-2;. The number of pyridine rings is 1. The average Bonchev–Trinajstić information content (AvgIpc) is 3.80. The van der Waals surface area contributed by atoms with E-state index >= 15 is 0 Å². The molecule has 5 nitrogen and oxygen atoms in total. The second kappa shape index (κ2) is 16.8. The van der Waals surface area contributed by atoms with E-state index in [-0.39, 0.29) is 16.2 Å². The second-order valence-electron chi connectivity index (χ2n) is 21.6. The van der Waals surface area contributed by atoms with E-state index in [4.69, 9.17) is 9.72 Å². The number of rotatable bonds is 7. The molecule has 0 radical (unpaired) electrons. The molecule has 0 spiro atoms. The molecule has 0 unspecified atom stereocenters. The van der Waals surface area contributed by atoms with Crippen LogP contribution in [-0.2, 0) is 42.0 Å². The topological polar surface area (TPSA) is 36.9 Å². The first-order valence-corrected chi connectivity index (χ1v) is 25.4. The van der Waals surface area contributed by atoms with Gasteiger partial charge in [0.15, 0.2) is 0 Å². The summed E-state index contributed by atoms with van der Waals surface area (Å²) in [6.07, 6.45) is 5.38. The van der Waals surface area contributed by atoms with E-state index in [2.05, 4.69) is 241 Å². The summed E-state index contributed by atoms with van der Waals surface area (Å²) in [5, 5.41) is 2.36. The number of fused-ring (bicyclic) bond motifs is 5. The molecule has 0 aliphatic heterocycles. The van der Waals surface area contributed by atoms with Crippen molar-refractivity contribution in [1.29, 1.82) is 0 Å². The SMILES string of the molecule is Cc1ccnc(-n2c3[c-]c(Oc4[c-]c(-n5[c](=[Pt])n(-c6c(-c7ccccc7)cccc6-c6cc(C(C)(C)C)cc(C(C)(C)C)c6)c6ccccc65)ccc4)ccc3c3cc4c(cc32)C(C)(C)CCC4)c1. The molecule has 7 aromatic carbocycles. The summed E-state index contributed by atoms with van der Waals surface area (Å²) in [4.78, 5) is 4.91. The molecule has 69 heavy (non-hydrogen) atoms. The summed E-state index contributed by atoms with van der Waals surface area (Å²) in [7, 11) is 0. The van der Waals surface area contributed by atoms with Gasteiger partial charge in [0.1, 0.15) is 0 Å². The Morgan fingerprint density at radius 2 is 1.28 bits per heavy atom. The van der Waals surface area contributed by atoms with Crippen molar-refractivity contribution >= 4 is 32.8 Å². The van der Waals surface area contributed by atoms with E-state index in [1.807, 2.05) is 18.3 Å². The summed E-state index contributed by atoms with van der Waals surface area (Å²) in [6, 6.07) is 60.4. The number of aryl methyl sites for hydroxylation is 2. The summed E-state index contributed by atoms with van der Waals surface area (Å²) < 4.78 is 14.8. The van der Waals surface area contributed by atoms with Crippen LogP contribution in [0.5, 0.6) is 11.5 Å². The Morgan fingerprint density at radius 3 is 1.99 bits per heavy atom. The molecule has 0 saturated heterocycles. The van der Waals surface area contributed by atoms with Crippen LogP contribution in [0.25, 0.3) is 72.3 Å². The maximum absolute atomic E-state index is 6.80. The van der Waals surface area contributed by atoms with E-state index in [1.165, 1.54) is 51.6 Å². The fraction of sp³-hybridized carbons (Fsp3) is 0.238. The van der Waals surface area contributed by atoms with Gasteiger partial charge in [0, 0.05) is 6.20 Å². The fourth-order valence-electron chi connectivity index (χ4n) is 10.5. The van der Waals surface area contributed by atoms with Crippen LogP contribution < -0.4 is 4.74 Å². The Balaban J connectivity index is 1.07. The van der Waals surface area contributed by atoms with Crippen LogP contribution >= 0.6 is 0 Å². The summed E-state index contributed by atoms with van der Waals surface area (Å²) in [6.45, 7) is 20.7. The van der Waals surface area contributed by atoms with Gasteiger partial charge in [-0.1, -0.05) is 13.8 Å². The zero-order valence-electron chi connectivity index (χ0n) is 41.1. The number of benzene rings is 7. The van der Waals surface area contributed by atoms with Crippen molar-refractivity contribution in [3.8, 4) is 50.9 Å². The van der Waals surface area contributed by atoms with Crippen LogP contribution in [0.2, 0.25) is 0 Å². The first-order chi connectivity index (χ1) is 33.0. The van der Waals surface area contributed by atoms with Crippen LogP contribution in [0.1, 0.15) is 96.0 Å². The number of aromatic nitrogens is 4. The van der Waals surface area contributed by atoms with Crippen molar-refractivity contribution in [2.75, 3.05) is 0 Å². The molecule has 6 heteroatoms. The molecule has 3 heterocycles. The van der Waals surface area contributed by atoms with Gasteiger partial charge in [-0.2, -0.15) is 0 Å². The molecule has 0 fully saturated rings. The van der Waals surface area contributed by atoms with Crippen molar-refractivity contribution in [1.82, 2.24) is 18.7 Å². The van der Waals surface area contributed by atoms with Gasteiger partial charge in [-0.25, -0.2) is 0 Å². The molecule has 1 aliphatic carbocycles. The fourth-order valence-corrected chi connectivity index (χ4v) is 11.5. The van der Waals surface area contributed by atoms with Crippen LogP contribution in [0.15, 0.2) is 152 Å². The molecule has 0 N–H and O–H groups in total. The first kappa shape index (κ1) is 44.9. The molecule has 0 bridgehead atoms. The predicted octanol–water partition coefficient (Wildman–Crippen LogP) is 16.2. The van der Waals surface area contributed by atoms with Crippen LogP contribution in [-0.4, -0.2) is 18.7 Å². The van der Waals surface area contributed by atoms with Gasteiger partial charge >= 0.3 is 346 Å². The van der Waals surface area contributed by atoms with E-state index in [0.717, 1.165) is 71.6 Å². The monoisotopic (exact) mass is 1080 g/mol. The minimum absolute atomic E-state index is 0.0368. The molecular weight excluding hydrogens is 1020 g/mol. The van der Waals surface area contributed by atoms with E-state index in [1.54, 1.807) is 0 Å². The molecule has 10 aromatic rings. The number of ether oxygens (including phenoxy) is 1. The Kier molecular flexibility index (Phi) is 11.0. The summed E-state index contributed by atoms with van der Waals surface area (Å²) in [5.41, 5.74) is 17.7. The number of hydrogen-bond acceptors (Lipinski definition) is 2. The smallest absolute Gasteiger partial charge is 0.0558 e. The van der Waals surface area contributed by atoms with Crippen LogP contribution in [0.3, 0.4) is 0 Å². The molecular formula is C63H58N4OPt-2. The molecule has 348 valence electrons. The number of imidazole rings is 1. The molecule has 0 saturated carbocycles. The third kappa shape index (κ3) is 8.03. The Hall–Kier alpha value is -6.55. The minimum atomic E-state index is -0.0368. The molecule has 0 atom stereocenters.